The Hall–Kier alpha value is -4.52. The SMILES string of the molecule is CC1Oc2cc(F)ccc2N1C(=O)c1cccc(-c2cnc(-c3cc4ccccc4cn3)[nH]2)c1. The lowest BCUT2D eigenvalue weighted by Gasteiger charge is -2.20. The van der Waals surface area contributed by atoms with Crippen LogP contribution in [0.1, 0.15) is 17.3 Å². The first-order chi connectivity index (χ1) is 16.6. The summed E-state index contributed by atoms with van der Waals surface area (Å²) in [5, 5.41) is 2.15. The zero-order chi connectivity index (χ0) is 23.2. The van der Waals surface area contributed by atoms with Crippen LogP contribution in [0.3, 0.4) is 0 Å². The summed E-state index contributed by atoms with van der Waals surface area (Å²) in [6.45, 7) is 1.76. The highest BCUT2D eigenvalue weighted by molar-refractivity contribution is 6.08. The minimum absolute atomic E-state index is 0.226. The second-order valence-electron chi connectivity index (χ2n) is 8.15. The first-order valence-electron chi connectivity index (χ1n) is 10.9. The van der Waals surface area contributed by atoms with E-state index in [1.807, 2.05) is 54.7 Å². The van der Waals surface area contributed by atoms with Crippen molar-refractivity contribution in [3.63, 3.8) is 0 Å². The van der Waals surface area contributed by atoms with E-state index in [0.717, 1.165) is 27.7 Å². The van der Waals surface area contributed by atoms with Gasteiger partial charge < -0.3 is 9.72 Å². The van der Waals surface area contributed by atoms with E-state index in [1.165, 1.54) is 17.0 Å². The molecule has 6 nitrogen and oxygen atoms in total. The number of H-pyrrole nitrogens is 1. The Bertz CT molecular complexity index is 1560. The van der Waals surface area contributed by atoms with Gasteiger partial charge in [0.15, 0.2) is 12.1 Å². The van der Waals surface area contributed by atoms with Crippen LogP contribution >= 0.6 is 0 Å². The number of carbonyl (C=O) groups excluding carboxylic acids is 1. The second-order valence-corrected chi connectivity index (χ2v) is 8.15. The first kappa shape index (κ1) is 20.1. The molecule has 0 saturated heterocycles. The second kappa shape index (κ2) is 7.81. The third-order valence-corrected chi connectivity index (χ3v) is 5.93. The number of amides is 1. The number of hydrogen-bond acceptors (Lipinski definition) is 4. The predicted octanol–water partition coefficient (Wildman–Crippen LogP) is 5.82. The number of ether oxygens (including phenoxy) is 1. The van der Waals surface area contributed by atoms with Crippen LogP contribution in [0.5, 0.6) is 5.75 Å². The van der Waals surface area contributed by atoms with E-state index in [0.29, 0.717) is 22.8 Å². The molecule has 2 aromatic heterocycles. The maximum Gasteiger partial charge on any atom is 0.261 e. The van der Waals surface area contributed by atoms with Gasteiger partial charge in [0, 0.05) is 28.8 Å². The number of fused-ring (bicyclic) bond motifs is 2. The zero-order valence-electron chi connectivity index (χ0n) is 18.2. The standard InChI is InChI=1S/C27H19FN4O2/c1-16-32(24-10-9-21(28)13-25(24)34-16)27(33)19-8-4-7-18(11-19)23-15-30-26(31-23)22-12-17-5-2-3-6-20(17)14-29-22/h2-16H,1H3,(H,30,31). The van der Waals surface area contributed by atoms with Gasteiger partial charge in [-0.15, -0.1) is 0 Å². The highest BCUT2D eigenvalue weighted by Crippen LogP contribution is 2.38. The Morgan fingerprint density at radius 3 is 2.71 bits per heavy atom. The molecule has 1 amide bonds. The van der Waals surface area contributed by atoms with Crippen molar-refractivity contribution >= 4 is 22.4 Å². The predicted molar refractivity (Wildman–Crippen MR) is 128 cm³/mol. The number of pyridine rings is 1. The van der Waals surface area contributed by atoms with E-state index in [4.69, 9.17) is 4.74 Å². The number of benzene rings is 3. The molecule has 1 aliphatic heterocycles. The lowest BCUT2D eigenvalue weighted by Crippen LogP contribution is -2.37. The van der Waals surface area contributed by atoms with Gasteiger partial charge in [-0.25, -0.2) is 9.37 Å². The fraction of sp³-hybridized carbons (Fsp3) is 0.0741. The van der Waals surface area contributed by atoms with Gasteiger partial charge in [0.1, 0.15) is 17.3 Å². The molecule has 7 heteroatoms. The highest BCUT2D eigenvalue weighted by atomic mass is 19.1. The molecule has 1 atom stereocenters. The molecule has 34 heavy (non-hydrogen) atoms. The number of carbonyl (C=O) groups is 1. The topological polar surface area (TPSA) is 71.1 Å². The average Bonchev–Trinajstić information content (AvgIpc) is 3.47. The lowest BCUT2D eigenvalue weighted by molar-refractivity contribution is 0.0948. The molecular weight excluding hydrogens is 431 g/mol. The Morgan fingerprint density at radius 1 is 0.971 bits per heavy atom. The third kappa shape index (κ3) is 3.38. The molecule has 0 bridgehead atoms. The molecule has 3 aromatic carbocycles. The molecule has 3 heterocycles. The number of halogens is 1. The maximum absolute atomic E-state index is 13.6. The number of anilines is 1. The normalized spacial score (nSPS) is 14.8. The van der Waals surface area contributed by atoms with Crippen molar-refractivity contribution in [1.29, 1.82) is 0 Å². The smallest absolute Gasteiger partial charge is 0.261 e. The summed E-state index contributed by atoms with van der Waals surface area (Å²) in [5.41, 5.74) is 3.37. The molecule has 1 N–H and O–H groups in total. The van der Waals surface area contributed by atoms with Crippen molar-refractivity contribution in [2.24, 2.45) is 0 Å². The largest absolute Gasteiger partial charge is 0.468 e. The van der Waals surface area contributed by atoms with Crippen LogP contribution in [0.15, 0.2) is 85.2 Å². The number of hydrogen-bond donors (Lipinski definition) is 1. The van der Waals surface area contributed by atoms with Gasteiger partial charge in [-0.3, -0.25) is 14.7 Å². The monoisotopic (exact) mass is 450 g/mol. The lowest BCUT2D eigenvalue weighted by atomic mass is 10.1. The molecule has 0 fully saturated rings. The van der Waals surface area contributed by atoms with E-state index in [2.05, 4.69) is 15.0 Å². The van der Waals surface area contributed by atoms with Crippen LogP contribution in [0, 0.1) is 5.82 Å². The summed E-state index contributed by atoms with van der Waals surface area (Å²) < 4.78 is 19.3. The van der Waals surface area contributed by atoms with Crippen LogP contribution in [-0.4, -0.2) is 27.1 Å². The molecule has 166 valence electrons. The van der Waals surface area contributed by atoms with Crippen molar-refractivity contribution in [2.75, 3.05) is 4.90 Å². The van der Waals surface area contributed by atoms with Gasteiger partial charge in [0.2, 0.25) is 0 Å². The number of rotatable bonds is 3. The number of nitrogens with zero attached hydrogens (tertiary/aromatic N) is 3. The van der Waals surface area contributed by atoms with Gasteiger partial charge in [-0.1, -0.05) is 36.4 Å². The molecule has 0 aliphatic carbocycles. The van der Waals surface area contributed by atoms with Crippen LogP contribution in [0.25, 0.3) is 33.5 Å². The van der Waals surface area contributed by atoms with Gasteiger partial charge >= 0.3 is 0 Å². The molecule has 5 aromatic rings. The van der Waals surface area contributed by atoms with E-state index in [1.54, 1.807) is 25.3 Å². The minimum atomic E-state index is -0.536. The quantitative estimate of drug-likeness (QED) is 0.376. The molecule has 1 unspecified atom stereocenters. The Balaban J connectivity index is 1.31. The number of aromatic nitrogens is 3. The summed E-state index contributed by atoms with van der Waals surface area (Å²) in [4.78, 5) is 27.2. The van der Waals surface area contributed by atoms with Crippen molar-refractivity contribution in [3.8, 4) is 28.5 Å². The first-order valence-corrected chi connectivity index (χ1v) is 10.9. The minimum Gasteiger partial charge on any atom is -0.468 e. The van der Waals surface area contributed by atoms with E-state index in [-0.39, 0.29) is 5.91 Å². The van der Waals surface area contributed by atoms with Crippen LogP contribution < -0.4 is 9.64 Å². The van der Waals surface area contributed by atoms with Crippen molar-refractivity contribution in [2.45, 2.75) is 13.2 Å². The molecule has 0 radical (unpaired) electrons. The summed E-state index contributed by atoms with van der Waals surface area (Å²) in [5.74, 6) is 0.377. The third-order valence-electron chi connectivity index (χ3n) is 5.93. The Morgan fingerprint density at radius 2 is 1.82 bits per heavy atom. The molecule has 0 saturated carbocycles. The average molecular weight is 450 g/mol. The summed E-state index contributed by atoms with van der Waals surface area (Å²) in [6.07, 6.45) is 3.02. The van der Waals surface area contributed by atoms with E-state index < -0.39 is 12.0 Å². The summed E-state index contributed by atoms with van der Waals surface area (Å²) >= 11 is 0. The van der Waals surface area contributed by atoms with Gasteiger partial charge in [0.25, 0.3) is 5.91 Å². The van der Waals surface area contributed by atoms with Crippen molar-refractivity contribution in [3.05, 3.63) is 96.6 Å². The fourth-order valence-electron chi connectivity index (χ4n) is 4.26. The molecular formula is C27H19FN4O2. The number of aromatic amines is 1. The van der Waals surface area contributed by atoms with E-state index >= 15 is 0 Å². The van der Waals surface area contributed by atoms with Gasteiger partial charge in [-0.2, -0.15) is 0 Å². The maximum atomic E-state index is 13.6. The van der Waals surface area contributed by atoms with Gasteiger partial charge in [-0.05, 0) is 42.6 Å². The summed E-state index contributed by atoms with van der Waals surface area (Å²) in [6, 6.07) is 21.5. The molecule has 0 spiro atoms. The zero-order valence-corrected chi connectivity index (χ0v) is 18.2. The Labute approximate surface area is 194 Å². The van der Waals surface area contributed by atoms with E-state index in [9.17, 15) is 9.18 Å². The fourth-order valence-corrected chi connectivity index (χ4v) is 4.26. The molecule has 1 aliphatic rings. The van der Waals surface area contributed by atoms with Crippen molar-refractivity contribution < 1.29 is 13.9 Å². The molecule has 6 rings (SSSR count). The Kier molecular flexibility index (Phi) is 4.62. The van der Waals surface area contributed by atoms with Gasteiger partial charge in [0.05, 0.1) is 17.6 Å². The van der Waals surface area contributed by atoms with Crippen LogP contribution in [-0.2, 0) is 0 Å². The number of imidazole rings is 1. The number of nitrogens with one attached hydrogen (secondary N) is 1. The van der Waals surface area contributed by atoms with Crippen molar-refractivity contribution in [1.82, 2.24) is 15.0 Å². The van der Waals surface area contributed by atoms with Crippen LogP contribution in [0.4, 0.5) is 10.1 Å². The summed E-state index contributed by atoms with van der Waals surface area (Å²) in [7, 11) is 0. The highest BCUT2D eigenvalue weighted by Gasteiger charge is 2.33. The van der Waals surface area contributed by atoms with Crippen LogP contribution in [0.2, 0.25) is 0 Å².